The lowest BCUT2D eigenvalue weighted by Crippen LogP contribution is -2.22. The van der Waals surface area contributed by atoms with Gasteiger partial charge in [-0.1, -0.05) is 25.4 Å². The van der Waals surface area contributed by atoms with E-state index in [0.29, 0.717) is 5.92 Å². The molecule has 2 aromatic rings. The van der Waals surface area contributed by atoms with Crippen molar-refractivity contribution in [2.24, 2.45) is 5.92 Å². The van der Waals surface area contributed by atoms with Gasteiger partial charge < -0.3 is 10.2 Å². The predicted octanol–water partition coefficient (Wildman–Crippen LogP) is 4.78. The van der Waals surface area contributed by atoms with Crippen molar-refractivity contribution in [3.8, 4) is 0 Å². The van der Waals surface area contributed by atoms with Crippen LogP contribution in [0.3, 0.4) is 0 Å². The van der Waals surface area contributed by atoms with Gasteiger partial charge in [-0.25, -0.2) is 0 Å². The maximum Gasteiger partial charge on any atom is 0.0434 e. The molecule has 0 aliphatic rings. The molecule has 4 heteroatoms. The summed E-state index contributed by atoms with van der Waals surface area (Å²) in [5, 5.41) is 8.61. The van der Waals surface area contributed by atoms with Crippen LogP contribution in [0.4, 0.5) is 5.69 Å². The fourth-order valence-electron chi connectivity index (χ4n) is 2.31. The molecule has 0 saturated heterocycles. The summed E-state index contributed by atoms with van der Waals surface area (Å²) >= 11 is 7.90. The van der Waals surface area contributed by atoms with Crippen LogP contribution in [0.25, 0.3) is 0 Å². The van der Waals surface area contributed by atoms with Gasteiger partial charge in [0.1, 0.15) is 0 Å². The van der Waals surface area contributed by atoms with Gasteiger partial charge in [-0.3, -0.25) is 0 Å². The minimum atomic E-state index is 0.649. The average molecular weight is 323 g/mol. The summed E-state index contributed by atoms with van der Waals surface area (Å²) in [6.07, 6.45) is 0. The number of nitrogens with zero attached hydrogens (tertiary/aromatic N) is 1. The van der Waals surface area contributed by atoms with Crippen molar-refractivity contribution >= 4 is 28.6 Å². The highest BCUT2D eigenvalue weighted by atomic mass is 35.5. The Morgan fingerprint density at radius 3 is 2.76 bits per heavy atom. The zero-order chi connectivity index (χ0) is 15.2. The second-order valence-corrected chi connectivity index (χ2v) is 7.00. The van der Waals surface area contributed by atoms with Gasteiger partial charge in [-0.15, -0.1) is 0 Å². The highest BCUT2D eigenvalue weighted by molar-refractivity contribution is 7.07. The lowest BCUT2D eigenvalue weighted by atomic mass is 10.1. The molecule has 0 aliphatic carbocycles. The number of anilines is 1. The number of rotatable bonds is 7. The van der Waals surface area contributed by atoms with E-state index in [1.54, 1.807) is 11.3 Å². The maximum absolute atomic E-state index is 6.16. The first-order valence-corrected chi connectivity index (χ1v) is 8.59. The van der Waals surface area contributed by atoms with Gasteiger partial charge in [0.15, 0.2) is 0 Å². The lowest BCUT2D eigenvalue weighted by Gasteiger charge is -2.23. The Balaban J connectivity index is 2.09. The van der Waals surface area contributed by atoms with Crippen molar-refractivity contribution in [2.75, 3.05) is 18.5 Å². The van der Waals surface area contributed by atoms with E-state index in [0.717, 1.165) is 24.7 Å². The van der Waals surface area contributed by atoms with Crippen LogP contribution in [-0.4, -0.2) is 13.6 Å². The van der Waals surface area contributed by atoms with Gasteiger partial charge in [0.25, 0.3) is 0 Å². The number of hydrogen-bond acceptors (Lipinski definition) is 3. The largest absolute Gasteiger partial charge is 0.370 e. The van der Waals surface area contributed by atoms with Crippen LogP contribution in [0.1, 0.15) is 25.0 Å². The molecule has 0 atom stereocenters. The summed E-state index contributed by atoms with van der Waals surface area (Å²) in [6, 6.07) is 8.32. The summed E-state index contributed by atoms with van der Waals surface area (Å²) in [5.41, 5.74) is 3.83. The van der Waals surface area contributed by atoms with Gasteiger partial charge in [0.2, 0.25) is 0 Å². The van der Waals surface area contributed by atoms with Gasteiger partial charge >= 0.3 is 0 Å². The molecule has 2 nitrogen and oxygen atoms in total. The minimum absolute atomic E-state index is 0.649. The first-order valence-electron chi connectivity index (χ1n) is 7.27. The standard InChI is InChI=1S/C17H23ClN2S/c1-13(2)9-19-10-15-8-16(18)4-5-17(15)20(3)11-14-6-7-21-12-14/h4-8,12-13,19H,9-11H2,1-3H3. The molecule has 0 bridgehead atoms. The number of benzene rings is 1. The van der Waals surface area contributed by atoms with Crippen LogP contribution in [0.2, 0.25) is 5.02 Å². The average Bonchev–Trinajstić information content (AvgIpc) is 2.91. The molecule has 0 spiro atoms. The van der Waals surface area contributed by atoms with Crippen molar-refractivity contribution < 1.29 is 0 Å². The van der Waals surface area contributed by atoms with E-state index in [1.165, 1.54) is 16.8 Å². The molecule has 0 unspecified atom stereocenters. The molecule has 1 aromatic heterocycles. The molecule has 114 valence electrons. The van der Waals surface area contributed by atoms with Gasteiger partial charge in [-0.05, 0) is 58.6 Å². The SMILES string of the molecule is CC(C)CNCc1cc(Cl)ccc1N(C)Cc1ccsc1. The fraction of sp³-hybridized carbons (Fsp3) is 0.412. The molecule has 1 heterocycles. The van der Waals surface area contributed by atoms with Crippen molar-refractivity contribution in [3.05, 3.63) is 51.2 Å². The number of halogens is 1. The molecule has 1 N–H and O–H groups in total. The maximum atomic E-state index is 6.16. The van der Waals surface area contributed by atoms with Crippen molar-refractivity contribution in [1.82, 2.24) is 5.32 Å². The third-order valence-corrected chi connectivity index (χ3v) is 4.29. The van der Waals surface area contributed by atoms with Crippen LogP contribution in [0, 0.1) is 5.92 Å². The Bertz CT molecular complexity index is 552. The summed E-state index contributed by atoms with van der Waals surface area (Å²) in [6.45, 7) is 7.22. The van der Waals surface area contributed by atoms with E-state index < -0.39 is 0 Å². The van der Waals surface area contributed by atoms with Crippen LogP contribution in [0.5, 0.6) is 0 Å². The Kier molecular flexibility index (Phi) is 6.09. The van der Waals surface area contributed by atoms with Crippen LogP contribution in [-0.2, 0) is 13.1 Å². The normalized spacial score (nSPS) is 11.1. The Labute approximate surface area is 136 Å². The quantitative estimate of drug-likeness (QED) is 0.789. The number of thiophene rings is 1. The molecular formula is C17H23ClN2S. The highest BCUT2D eigenvalue weighted by Crippen LogP contribution is 2.25. The van der Waals surface area contributed by atoms with Crippen LogP contribution < -0.4 is 10.2 Å². The molecule has 0 saturated carbocycles. The van der Waals surface area contributed by atoms with Crippen molar-refractivity contribution in [1.29, 1.82) is 0 Å². The van der Waals surface area contributed by atoms with E-state index in [-0.39, 0.29) is 0 Å². The Hall–Kier alpha value is -1.03. The molecule has 0 radical (unpaired) electrons. The fourth-order valence-corrected chi connectivity index (χ4v) is 3.16. The van der Waals surface area contributed by atoms with Crippen molar-refractivity contribution in [3.63, 3.8) is 0 Å². The molecule has 0 fully saturated rings. The van der Waals surface area contributed by atoms with Gasteiger partial charge in [0.05, 0.1) is 0 Å². The monoisotopic (exact) mass is 322 g/mol. The van der Waals surface area contributed by atoms with E-state index in [9.17, 15) is 0 Å². The van der Waals surface area contributed by atoms with E-state index in [1.807, 2.05) is 6.07 Å². The second kappa shape index (κ2) is 7.83. The number of nitrogens with one attached hydrogen (secondary N) is 1. The van der Waals surface area contributed by atoms with Crippen LogP contribution >= 0.6 is 22.9 Å². The van der Waals surface area contributed by atoms with Gasteiger partial charge in [-0.2, -0.15) is 11.3 Å². The molecule has 21 heavy (non-hydrogen) atoms. The van der Waals surface area contributed by atoms with E-state index in [2.05, 4.69) is 60.1 Å². The summed E-state index contributed by atoms with van der Waals surface area (Å²) in [4.78, 5) is 2.28. The second-order valence-electron chi connectivity index (χ2n) is 5.79. The third kappa shape index (κ3) is 5.03. The van der Waals surface area contributed by atoms with Crippen molar-refractivity contribution in [2.45, 2.75) is 26.9 Å². The number of hydrogen-bond donors (Lipinski definition) is 1. The molecule has 2 rings (SSSR count). The molecule has 0 amide bonds. The van der Waals surface area contributed by atoms with Crippen LogP contribution in [0.15, 0.2) is 35.0 Å². The first-order chi connectivity index (χ1) is 10.1. The highest BCUT2D eigenvalue weighted by Gasteiger charge is 2.09. The zero-order valence-electron chi connectivity index (χ0n) is 12.9. The Morgan fingerprint density at radius 1 is 1.29 bits per heavy atom. The topological polar surface area (TPSA) is 15.3 Å². The van der Waals surface area contributed by atoms with Gasteiger partial charge in [0, 0.05) is 30.8 Å². The molecule has 0 aliphatic heterocycles. The van der Waals surface area contributed by atoms with E-state index >= 15 is 0 Å². The molecule has 1 aromatic carbocycles. The summed E-state index contributed by atoms with van der Waals surface area (Å²) < 4.78 is 0. The smallest absolute Gasteiger partial charge is 0.0434 e. The first kappa shape index (κ1) is 16.3. The third-order valence-electron chi connectivity index (χ3n) is 3.32. The van der Waals surface area contributed by atoms with E-state index in [4.69, 9.17) is 11.6 Å². The lowest BCUT2D eigenvalue weighted by molar-refractivity contribution is 0.552. The Morgan fingerprint density at radius 2 is 2.10 bits per heavy atom. The summed E-state index contributed by atoms with van der Waals surface area (Å²) in [7, 11) is 2.13. The molecular weight excluding hydrogens is 300 g/mol. The zero-order valence-corrected chi connectivity index (χ0v) is 14.5. The summed E-state index contributed by atoms with van der Waals surface area (Å²) in [5.74, 6) is 0.649. The predicted molar refractivity (Wildman–Crippen MR) is 94.4 cm³/mol. The minimum Gasteiger partial charge on any atom is -0.370 e.